The summed E-state index contributed by atoms with van der Waals surface area (Å²) in [5.41, 5.74) is 3.40. The summed E-state index contributed by atoms with van der Waals surface area (Å²) in [7, 11) is 0. The molecule has 0 saturated carbocycles. The molecule has 1 heterocycles. The minimum atomic E-state index is -0.284. The van der Waals surface area contributed by atoms with Crippen molar-refractivity contribution in [3.63, 3.8) is 0 Å². The zero-order valence-electron chi connectivity index (χ0n) is 14.4. The fourth-order valence-corrected chi connectivity index (χ4v) is 3.36. The van der Waals surface area contributed by atoms with Gasteiger partial charge in [-0.2, -0.15) is 0 Å². The number of para-hydroxylation sites is 2. The zero-order chi connectivity index (χ0) is 18.4. The monoisotopic (exact) mass is 370 g/mol. The van der Waals surface area contributed by atoms with Gasteiger partial charge in [0.15, 0.2) is 0 Å². The number of thioether (sulfide) groups is 1. The topological polar surface area (TPSA) is 50.7 Å². The van der Waals surface area contributed by atoms with Crippen molar-refractivity contribution in [1.29, 1.82) is 0 Å². The van der Waals surface area contributed by atoms with Crippen LogP contribution in [0.1, 0.15) is 18.9 Å². The maximum atomic E-state index is 13.0. The van der Waals surface area contributed by atoms with Crippen LogP contribution in [0.4, 0.5) is 15.8 Å². The molecule has 6 heteroatoms. The molecule has 0 fully saturated rings. The molecule has 0 aliphatic carbocycles. The fraction of sp³-hybridized carbons (Fsp3) is 0.200. The number of ether oxygens (including phenoxy) is 1. The molecule has 2 aromatic rings. The van der Waals surface area contributed by atoms with Gasteiger partial charge in [0.1, 0.15) is 5.82 Å². The number of hydrogen-bond acceptors (Lipinski definition) is 5. The normalized spacial score (nSPS) is 13.0. The molecule has 1 N–H and O–H groups in total. The molecule has 3 rings (SSSR count). The molecule has 0 aromatic heterocycles. The second-order valence-electron chi connectivity index (χ2n) is 5.66. The van der Waals surface area contributed by atoms with Crippen molar-refractivity contribution in [2.75, 3.05) is 11.9 Å². The highest BCUT2D eigenvalue weighted by molar-refractivity contribution is 8.13. The van der Waals surface area contributed by atoms with E-state index in [9.17, 15) is 9.18 Å². The predicted octanol–water partition coefficient (Wildman–Crippen LogP) is 5.05. The minimum Gasteiger partial charge on any atom is -0.466 e. The number of aliphatic imine (C=N–C) groups is 1. The van der Waals surface area contributed by atoms with Crippen LogP contribution in [0.5, 0.6) is 0 Å². The molecule has 26 heavy (non-hydrogen) atoms. The SMILES string of the molecule is CCOC(=O)CC1=CC(SCc2ccc(F)cc2)=Nc2ccccc2N1. The predicted molar refractivity (Wildman–Crippen MR) is 104 cm³/mol. The first-order valence-electron chi connectivity index (χ1n) is 8.32. The molecule has 0 spiro atoms. The van der Waals surface area contributed by atoms with Crippen LogP contribution in [-0.4, -0.2) is 17.6 Å². The third-order valence-electron chi connectivity index (χ3n) is 3.67. The number of rotatable bonds is 5. The first-order chi connectivity index (χ1) is 12.6. The molecule has 1 aliphatic rings. The van der Waals surface area contributed by atoms with Crippen LogP contribution in [0.2, 0.25) is 0 Å². The smallest absolute Gasteiger partial charge is 0.311 e. The van der Waals surface area contributed by atoms with E-state index in [1.165, 1.54) is 23.9 Å². The van der Waals surface area contributed by atoms with Crippen LogP contribution in [0.25, 0.3) is 0 Å². The lowest BCUT2D eigenvalue weighted by Crippen LogP contribution is -2.10. The van der Waals surface area contributed by atoms with Gasteiger partial charge in [0.2, 0.25) is 0 Å². The van der Waals surface area contributed by atoms with E-state index in [0.717, 1.165) is 27.7 Å². The maximum Gasteiger partial charge on any atom is 0.311 e. The van der Waals surface area contributed by atoms with Gasteiger partial charge in [-0.25, -0.2) is 9.38 Å². The number of benzene rings is 2. The first kappa shape index (κ1) is 18.2. The lowest BCUT2D eigenvalue weighted by Gasteiger charge is -2.10. The molecule has 1 aliphatic heterocycles. The Morgan fingerprint density at radius 1 is 1.19 bits per heavy atom. The second-order valence-corrected chi connectivity index (χ2v) is 6.65. The number of carbonyl (C=O) groups is 1. The van der Waals surface area contributed by atoms with E-state index in [0.29, 0.717) is 12.4 Å². The summed E-state index contributed by atoms with van der Waals surface area (Å²) in [6, 6.07) is 14.1. The van der Waals surface area contributed by atoms with Crippen LogP contribution < -0.4 is 5.32 Å². The second kappa shape index (κ2) is 8.67. The minimum absolute atomic E-state index is 0.151. The summed E-state index contributed by atoms with van der Waals surface area (Å²) in [5, 5.41) is 4.05. The molecule has 4 nitrogen and oxygen atoms in total. The quantitative estimate of drug-likeness (QED) is 0.748. The van der Waals surface area contributed by atoms with Crippen LogP contribution in [0.15, 0.2) is 65.3 Å². The van der Waals surface area contributed by atoms with Crippen LogP contribution >= 0.6 is 11.8 Å². The average molecular weight is 370 g/mol. The van der Waals surface area contributed by atoms with E-state index in [4.69, 9.17) is 4.74 Å². The van der Waals surface area contributed by atoms with Crippen molar-refractivity contribution < 1.29 is 13.9 Å². The van der Waals surface area contributed by atoms with Gasteiger partial charge < -0.3 is 10.1 Å². The number of esters is 1. The first-order valence-corrected chi connectivity index (χ1v) is 9.31. The van der Waals surface area contributed by atoms with Crippen molar-refractivity contribution in [3.05, 3.63) is 71.7 Å². The number of nitrogens with zero attached hydrogens (tertiary/aromatic N) is 1. The number of halogens is 1. The molecule has 0 radical (unpaired) electrons. The Bertz CT molecular complexity index is 847. The molecule has 0 unspecified atom stereocenters. The van der Waals surface area contributed by atoms with Crippen LogP contribution in [-0.2, 0) is 15.3 Å². The molecule has 0 atom stereocenters. The van der Waals surface area contributed by atoms with Gasteiger partial charge in [0.25, 0.3) is 0 Å². The highest BCUT2D eigenvalue weighted by Crippen LogP contribution is 2.31. The highest BCUT2D eigenvalue weighted by Gasteiger charge is 2.14. The molecule has 0 amide bonds. The fourth-order valence-electron chi connectivity index (χ4n) is 2.46. The van der Waals surface area contributed by atoms with Gasteiger partial charge in [-0.3, -0.25) is 4.79 Å². The Balaban J connectivity index is 1.80. The summed E-state index contributed by atoms with van der Waals surface area (Å²) in [6.07, 6.45) is 2.02. The standard InChI is InChI=1S/C20H19FN2O2S/c1-2-25-20(24)12-16-11-19(23-18-6-4-3-5-17(18)22-16)26-13-14-7-9-15(21)10-8-14/h3-11,22H,2,12-13H2,1H3. The number of anilines is 1. The molecule has 0 bridgehead atoms. The van der Waals surface area contributed by atoms with Gasteiger partial charge >= 0.3 is 5.97 Å². The Labute approximate surface area is 156 Å². The van der Waals surface area contributed by atoms with Crippen molar-refractivity contribution in [2.45, 2.75) is 19.1 Å². The van der Waals surface area contributed by atoms with Crippen molar-refractivity contribution in [3.8, 4) is 0 Å². The van der Waals surface area contributed by atoms with Crippen LogP contribution in [0.3, 0.4) is 0 Å². The molecule has 2 aromatic carbocycles. The molecular formula is C20H19FN2O2S. The highest BCUT2D eigenvalue weighted by atomic mass is 32.2. The number of fused-ring (bicyclic) bond motifs is 1. The van der Waals surface area contributed by atoms with Gasteiger partial charge in [-0.1, -0.05) is 24.3 Å². The Morgan fingerprint density at radius 2 is 1.96 bits per heavy atom. The van der Waals surface area contributed by atoms with Crippen molar-refractivity contribution in [2.24, 2.45) is 4.99 Å². The number of nitrogens with one attached hydrogen (secondary N) is 1. The van der Waals surface area contributed by atoms with E-state index in [1.54, 1.807) is 19.1 Å². The Hall–Kier alpha value is -2.60. The lowest BCUT2D eigenvalue weighted by molar-refractivity contribution is -0.142. The van der Waals surface area contributed by atoms with E-state index in [1.807, 2.05) is 30.3 Å². The molecule has 0 saturated heterocycles. The molecular weight excluding hydrogens is 351 g/mol. The van der Waals surface area contributed by atoms with Gasteiger partial charge in [-0.05, 0) is 42.8 Å². The van der Waals surface area contributed by atoms with Crippen molar-refractivity contribution in [1.82, 2.24) is 0 Å². The third kappa shape index (κ3) is 4.95. The van der Waals surface area contributed by atoms with Gasteiger partial charge in [-0.15, -0.1) is 11.8 Å². The lowest BCUT2D eigenvalue weighted by atomic mass is 10.2. The van der Waals surface area contributed by atoms with E-state index >= 15 is 0 Å². The zero-order valence-corrected chi connectivity index (χ0v) is 15.2. The summed E-state index contributed by atoms with van der Waals surface area (Å²) in [6.45, 7) is 2.14. The maximum absolute atomic E-state index is 13.0. The van der Waals surface area contributed by atoms with Gasteiger partial charge in [0, 0.05) is 11.4 Å². The average Bonchev–Trinajstić information content (AvgIpc) is 2.80. The third-order valence-corrected chi connectivity index (χ3v) is 4.65. The van der Waals surface area contributed by atoms with E-state index in [-0.39, 0.29) is 18.2 Å². The summed E-state index contributed by atoms with van der Waals surface area (Å²) < 4.78 is 18.1. The largest absolute Gasteiger partial charge is 0.466 e. The summed E-state index contributed by atoms with van der Waals surface area (Å²) >= 11 is 1.54. The van der Waals surface area contributed by atoms with E-state index < -0.39 is 0 Å². The Kier molecular flexibility index (Phi) is 6.07. The summed E-state index contributed by atoms with van der Waals surface area (Å²) in [5.74, 6) is 0.124. The number of hydrogen-bond donors (Lipinski definition) is 1. The Morgan fingerprint density at radius 3 is 2.73 bits per heavy atom. The molecule has 134 valence electrons. The van der Waals surface area contributed by atoms with E-state index in [2.05, 4.69) is 10.3 Å². The van der Waals surface area contributed by atoms with Crippen molar-refractivity contribution >= 4 is 34.1 Å². The van der Waals surface area contributed by atoms with Gasteiger partial charge in [0.05, 0.1) is 29.4 Å². The number of carbonyl (C=O) groups excluding carboxylic acids is 1. The summed E-state index contributed by atoms with van der Waals surface area (Å²) in [4.78, 5) is 16.6. The van der Waals surface area contributed by atoms with Crippen LogP contribution in [0, 0.1) is 5.82 Å².